The monoisotopic (exact) mass is 387 g/mol. The van der Waals surface area contributed by atoms with Crippen LogP contribution in [-0.2, 0) is 5.41 Å². The number of carbonyl (C=O) groups is 1. The molecule has 0 saturated carbocycles. The minimum Gasteiger partial charge on any atom is -0.339 e. The third-order valence-corrected chi connectivity index (χ3v) is 5.81. The summed E-state index contributed by atoms with van der Waals surface area (Å²) >= 11 is 5.82. The molecule has 2 aliphatic heterocycles. The molecule has 0 aliphatic carbocycles. The number of fused-ring (bicyclic) bond motifs is 1. The molecule has 1 atom stereocenters. The van der Waals surface area contributed by atoms with Gasteiger partial charge in [-0.05, 0) is 42.7 Å². The molecule has 1 aromatic carbocycles. The molecule has 27 heavy (non-hydrogen) atoms. The van der Waals surface area contributed by atoms with Crippen LogP contribution in [0.15, 0.2) is 30.3 Å². The maximum Gasteiger partial charge on any atom is 0.272 e. The summed E-state index contributed by atoms with van der Waals surface area (Å²) < 4.78 is 14.0. The number of aromatic nitrogens is 1. The highest BCUT2D eigenvalue weighted by Gasteiger charge is 2.38. The van der Waals surface area contributed by atoms with E-state index in [-0.39, 0.29) is 16.3 Å². The van der Waals surface area contributed by atoms with E-state index in [4.69, 9.17) is 16.6 Å². The summed E-state index contributed by atoms with van der Waals surface area (Å²) in [6, 6.07) is 8.53. The Hall–Kier alpha value is -2.14. The van der Waals surface area contributed by atoms with Crippen molar-refractivity contribution < 1.29 is 9.18 Å². The Morgan fingerprint density at radius 1 is 1.30 bits per heavy atom. The minimum absolute atomic E-state index is 0.00561. The molecule has 3 heterocycles. The molecule has 142 valence electrons. The third-order valence-electron chi connectivity index (χ3n) is 5.50. The maximum absolute atomic E-state index is 14.0. The summed E-state index contributed by atoms with van der Waals surface area (Å²) in [6.07, 6.45) is 1.04. The second-order valence-electron chi connectivity index (χ2n) is 8.28. The largest absolute Gasteiger partial charge is 0.339 e. The first-order valence-electron chi connectivity index (χ1n) is 9.29. The number of likely N-dealkylation sites (tertiary alicyclic amines) is 1. The van der Waals surface area contributed by atoms with Gasteiger partial charge in [-0.15, -0.1) is 0 Å². The van der Waals surface area contributed by atoms with Gasteiger partial charge in [0.05, 0.1) is 16.4 Å². The number of hydrogen-bond donors (Lipinski definition) is 0. The highest BCUT2D eigenvalue weighted by atomic mass is 35.5. The SMILES string of the molecule is CC1CCN(C(=O)c2ccc3c(n2)C(C)(C)CN3c2ccc(Cl)c(F)c2)C1. The third kappa shape index (κ3) is 3.18. The Morgan fingerprint density at radius 3 is 2.74 bits per heavy atom. The zero-order chi connectivity index (χ0) is 19.3. The first-order chi connectivity index (χ1) is 12.8. The number of amides is 1. The van der Waals surface area contributed by atoms with E-state index in [0.29, 0.717) is 18.2 Å². The van der Waals surface area contributed by atoms with Crippen LogP contribution < -0.4 is 4.90 Å². The van der Waals surface area contributed by atoms with E-state index in [0.717, 1.165) is 36.6 Å². The summed E-state index contributed by atoms with van der Waals surface area (Å²) in [5, 5.41) is 0.108. The lowest BCUT2D eigenvalue weighted by atomic mass is 9.91. The molecule has 2 aliphatic rings. The fraction of sp³-hybridized carbons (Fsp3) is 0.429. The standard InChI is InChI=1S/C21H23ClFN3O/c1-13-8-9-25(11-13)20(27)17-6-7-18-19(24-17)21(2,3)12-26(18)14-4-5-15(22)16(23)10-14/h4-7,10,13H,8-9,11-12H2,1-3H3. The number of pyridine rings is 1. The van der Waals surface area contributed by atoms with Crippen LogP contribution in [0.3, 0.4) is 0 Å². The van der Waals surface area contributed by atoms with E-state index < -0.39 is 5.82 Å². The van der Waals surface area contributed by atoms with E-state index in [1.807, 2.05) is 15.9 Å². The van der Waals surface area contributed by atoms with Crippen LogP contribution in [0.2, 0.25) is 5.02 Å². The molecule has 1 saturated heterocycles. The average Bonchev–Trinajstić information content (AvgIpc) is 3.18. The molecule has 0 spiro atoms. The van der Waals surface area contributed by atoms with Gasteiger partial charge >= 0.3 is 0 Å². The first-order valence-corrected chi connectivity index (χ1v) is 9.67. The summed E-state index contributed by atoms with van der Waals surface area (Å²) in [7, 11) is 0. The first kappa shape index (κ1) is 18.2. The van der Waals surface area contributed by atoms with Crippen LogP contribution in [0, 0.1) is 11.7 Å². The number of carbonyl (C=O) groups excluding carboxylic acids is 1. The van der Waals surface area contributed by atoms with Crippen molar-refractivity contribution in [2.24, 2.45) is 5.92 Å². The Morgan fingerprint density at radius 2 is 2.07 bits per heavy atom. The van der Waals surface area contributed by atoms with Crippen LogP contribution in [0.25, 0.3) is 0 Å². The van der Waals surface area contributed by atoms with Crippen molar-refractivity contribution in [3.63, 3.8) is 0 Å². The second-order valence-corrected chi connectivity index (χ2v) is 8.68. The van der Waals surface area contributed by atoms with E-state index in [1.165, 1.54) is 6.07 Å². The second kappa shape index (κ2) is 6.48. The molecule has 2 aromatic rings. The van der Waals surface area contributed by atoms with Gasteiger partial charge in [0.25, 0.3) is 5.91 Å². The van der Waals surface area contributed by atoms with Crippen LogP contribution in [0.5, 0.6) is 0 Å². The van der Waals surface area contributed by atoms with Crippen molar-refractivity contribution in [1.29, 1.82) is 0 Å². The van der Waals surface area contributed by atoms with Crippen molar-refractivity contribution in [2.45, 2.75) is 32.6 Å². The summed E-state index contributed by atoms with van der Waals surface area (Å²) in [6.45, 7) is 8.59. The van der Waals surface area contributed by atoms with Crippen molar-refractivity contribution in [3.8, 4) is 0 Å². The number of anilines is 2. The van der Waals surface area contributed by atoms with Gasteiger partial charge in [0, 0.05) is 30.7 Å². The van der Waals surface area contributed by atoms with E-state index in [9.17, 15) is 9.18 Å². The van der Waals surface area contributed by atoms with Crippen molar-refractivity contribution in [1.82, 2.24) is 9.88 Å². The maximum atomic E-state index is 14.0. The molecule has 1 amide bonds. The molecular weight excluding hydrogens is 365 g/mol. The minimum atomic E-state index is -0.441. The molecular formula is C21H23ClFN3O. The Balaban J connectivity index is 1.69. The highest BCUT2D eigenvalue weighted by Crippen LogP contribution is 2.43. The van der Waals surface area contributed by atoms with Crippen molar-refractivity contribution in [3.05, 3.63) is 52.6 Å². The van der Waals surface area contributed by atoms with E-state index >= 15 is 0 Å². The van der Waals surface area contributed by atoms with Gasteiger partial charge in [0.1, 0.15) is 11.5 Å². The fourth-order valence-corrected chi connectivity index (χ4v) is 4.12. The molecule has 1 fully saturated rings. The smallest absolute Gasteiger partial charge is 0.272 e. The predicted octanol–water partition coefficient (Wildman–Crippen LogP) is 4.79. The summed E-state index contributed by atoms with van der Waals surface area (Å²) in [4.78, 5) is 21.5. The van der Waals surface area contributed by atoms with Gasteiger partial charge in [0.2, 0.25) is 0 Å². The molecule has 4 nitrogen and oxygen atoms in total. The van der Waals surface area contributed by atoms with Gasteiger partial charge < -0.3 is 9.80 Å². The number of rotatable bonds is 2. The number of nitrogens with zero attached hydrogens (tertiary/aromatic N) is 3. The van der Waals surface area contributed by atoms with E-state index in [2.05, 4.69) is 20.8 Å². The van der Waals surface area contributed by atoms with Crippen molar-refractivity contribution in [2.75, 3.05) is 24.5 Å². The van der Waals surface area contributed by atoms with Crippen LogP contribution in [0.1, 0.15) is 43.4 Å². The molecule has 0 N–H and O–H groups in total. The topological polar surface area (TPSA) is 36.4 Å². The molecule has 0 radical (unpaired) electrons. The molecule has 4 rings (SSSR count). The Bertz CT molecular complexity index is 914. The highest BCUT2D eigenvalue weighted by molar-refractivity contribution is 6.30. The Labute approximate surface area is 163 Å². The number of benzene rings is 1. The lowest BCUT2D eigenvalue weighted by Crippen LogP contribution is -2.30. The van der Waals surface area contributed by atoms with Crippen LogP contribution in [-0.4, -0.2) is 35.4 Å². The zero-order valence-corrected chi connectivity index (χ0v) is 16.6. The number of halogens is 2. The predicted molar refractivity (Wildman–Crippen MR) is 105 cm³/mol. The normalized spacial score (nSPS) is 20.9. The van der Waals surface area contributed by atoms with Crippen LogP contribution in [0.4, 0.5) is 15.8 Å². The molecule has 0 bridgehead atoms. The fourth-order valence-electron chi connectivity index (χ4n) is 4.01. The zero-order valence-electron chi connectivity index (χ0n) is 15.8. The van der Waals surface area contributed by atoms with Gasteiger partial charge in [-0.25, -0.2) is 9.37 Å². The van der Waals surface area contributed by atoms with Crippen molar-refractivity contribution >= 4 is 28.9 Å². The quantitative estimate of drug-likeness (QED) is 0.743. The lowest BCUT2D eigenvalue weighted by molar-refractivity contribution is 0.0782. The van der Waals surface area contributed by atoms with Crippen LogP contribution >= 0.6 is 11.6 Å². The van der Waals surface area contributed by atoms with Gasteiger partial charge in [-0.1, -0.05) is 32.4 Å². The summed E-state index contributed by atoms with van der Waals surface area (Å²) in [5.74, 6) is 0.0902. The average molecular weight is 388 g/mol. The number of hydrogen-bond acceptors (Lipinski definition) is 3. The van der Waals surface area contributed by atoms with Gasteiger partial charge in [0.15, 0.2) is 0 Å². The lowest BCUT2D eigenvalue weighted by Gasteiger charge is -2.22. The van der Waals surface area contributed by atoms with Gasteiger partial charge in [-0.2, -0.15) is 0 Å². The Kier molecular flexibility index (Phi) is 4.38. The molecule has 1 unspecified atom stereocenters. The van der Waals surface area contributed by atoms with Gasteiger partial charge in [-0.3, -0.25) is 4.79 Å². The molecule has 1 aromatic heterocycles. The summed E-state index contributed by atoms with van der Waals surface area (Å²) in [5.41, 5.74) is 2.75. The molecule has 6 heteroatoms. The van der Waals surface area contributed by atoms with E-state index in [1.54, 1.807) is 18.2 Å².